The van der Waals surface area contributed by atoms with Crippen molar-refractivity contribution in [3.8, 4) is 5.75 Å². The summed E-state index contributed by atoms with van der Waals surface area (Å²) in [5.74, 6) is -2.18. The number of aliphatic hydroxyl groups is 1. The van der Waals surface area contributed by atoms with Crippen LogP contribution in [0, 0.1) is 17.6 Å². The average Bonchev–Trinajstić information content (AvgIpc) is 2.34. The molecule has 0 saturated heterocycles. The second kappa shape index (κ2) is 7.04. The van der Waals surface area contributed by atoms with Crippen LogP contribution in [0.25, 0.3) is 0 Å². The van der Waals surface area contributed by atoms with Crippen molar-refractivity contribution in [2.24, 2.45) is 5.92 Å². The third-order valence-electron chi connectivity index (χ3n) is 2.60. The molecule has 19 heavy (non-hydrogen) atoms. The van der Waals surface area contributed by atoms with E-state index in [0.29, 0.717) is 6.07 Å². The predicted octanol–water partition coefficient (Wildman–Crippen LogP) is 1.48. The molecule has 1 amide bonds. The van der Waals surface area contributed by atoms with Gasteiger partial charge in [-0.1, -0.05) is 13.8 Å². The summed E-state index contributed by atoms with van der Waals surface area (Å²) in [5.41, 5.74) is 0. The summed E-state index contributed by atoms with van der Waals surface area (Å²) in [6, 6.07) is 2.46. The van der Waals surface area contributed by atoms with Crippen LogP contribution >= 0.6 is 0 Å². The van der Waals surface area contributed by atoms with Crippen LogP contribution in [0.2, 0.25) is 0 Å². The second-order valence-corrected chi connectivity index (χ2v) is 4.46. The van der Waals surface area contributed by atoms with Crippen molar-refractivity contribution in [1.29, 1.82) is 0 Å². The minimum Gasteiger partial charge on any atom is -0.481 e. The van der Waals surface area contributed by atoms with E-state index in [1.54, 1.807) is 0 Å². The molecule has 0 aliphatic heterocycles. The molecule has 0 bridgehead atoms. The van der Waals surface area contributed by atoms with E-state index < -0.39 is 24.1 Å². The SMILES string of the molecule is CC(C)[C@@H](CO)NC(=O)COc1ccc(F)cc1F. The lowest BCUT2D eigenvalue weighted by Crippen LogP contribution is -2.43. The molecule has 0 fully saturated rings. The van der Waals surface area contributed by atoms with Crippen LogP contribution in [-0.2, 0) is 4.79 Å². The van der Waals surface area contributed by atoms with E-state index in [1.807, 2.05) is 13.8 Å². The first-order chi connectivity index (χ1) is 8.93. The summed E-state index contributed by atoms with van der Waals surface area (Å²) in [5, 5.41) is 11.6. The van der Waals surface area contributed by atoms with Crippen LogP contribution in [0.5, 0.6) is 5.75 Å². The summed E-state index contributed by atoms with van der Waals surface area (Å²) in [7, 11) is 0. The molecule has 0 spiro atoms. The molecule has 1 atom stereocenters. The third kappa shape index (κ3) is 4.82. The molecule has 0 unspecified atom stereocenters. The Morgan fingerprint density at radius 1 is 1.42 bits per heavy atom. The van der Waals surface area contributed by atoms with Crippen LogP contribution in [-0.4, -0.2) is 30.3 Å². The molecule has 0 aliphatic carbocycles. The number of amides is 1. The fourth-order valence-corrected chi connectivity index (χ4v) is 1.41. The molecule has 106 valence electrons. The third-order valence-corrected chi connectivity index (χ3v) is 2.60. The molecule has 0 aromatic heterocycles. The highest BCUT2D eigenvalue weighted by molar-refractivity contribution is 5.77. The van der Waals surface area contributed by atoms with E-state index in [2.05, 4.69) is 5.32 Å². The first-order valence-corrected chi connectivity index (χ1v) is 5.92. The van der Waals surface area contributed by atoms with Crippen LogP contribution in [0.15, 0.2) is 18.2 Å². The van der Waals surface area contributed by atoms with Crippen LogP contribution in [0.1, 0.15) is 13.8 Å². The number of carbonyl (C=O) groups excluding carboxylic acids is 1. The van der Waals surface area contributed by atoms with Crippen LogP contribution in [0.3, 0.4) is 0 Å². The van der Waals surface area contributed by atoms with Crippen molar-refractivity contribution >= 4 is 5.91 Å². The van der Waals surface area contributed by atoms with Gasteiger partial charge in [0.2, 0.25) is 0 Å². The van der Waals surface area contributed by atoms with Gasteiger partial charge in [-0.2, -0.15) is 0 Å². The summed E-state index contributed by atoms with van der Waals surface area (Å²) in [6.07, 6.45) is 0. The second-order valence-electron chi connectivity index (χ2n) is 4.46. The largest absolute Gasteiger partial charge is 0.481 e. The Balaban J connectivity index is 2.50. The lowest BCUT2D eigenvalue weighted by atomic mass is 10.1. The first kappa shape index (κ1) is 15.4. The number of benzene rings is 1. The van der Waals surface area contributed by atoms with Crippen molar-refractivity contribution in [2.45, 2.75) is 19.9 Å². The number of ether oxygens (including phenoxy) is 1. The number of nitrogens with one attached hydrogen (secondary N) is 1. The van der Waals surface area contributed by atoms with Gasteiger partial charge in [0.05, 0.1) is 12.6 Å². The van der Waals surface area contributed by atoms with E-state index in [1.165, 1.54) is 0 Å². The van der Waals surface area contributed by atoms with Gasteiger partial charge in [-0.3, -0.25) is 4.79 Å². The van der Waals surface area contributed by atoms with E-state index in [4.69, 9.17) is 9.84 Å². The van der Waals surface area contributed by atoms with Crippen molar-refractivity contribution in [1.82, 2.24) is 5.32 Å². The maximum absolute atomic E-state index is 13.2. The Morgan fingerprint density at radius 2 is 2.11 bits per heavy atom. The molecule has 1 rings (SSSR count). The topological polar surface area (TPSA) is 58.6 Å². The first-order valence-electron chi connectivity index (χ1n) is 5.92. The normalized spacial score (nSPS) is 12.3. The fourth-order valence-electron chi connectivity index (χ4n) is 1.41. The Hall–Kier alpha value is -1.69. The molecule has 6 heteroatoms. The summed E-state index contributed by atoms with van der Waals surface area (Å²) >= 11 is 0. The Morgan fingerprint density at radius 3 is 2.63 bits per heavy atom. The molecule has 1 aromatic carbocycles. The lowest BCUT2D eigenvalue weighted by Gasteiger charge is -2.19. The fraction of sp³-hybridized carbons (Fsp3) is 0.462. The molecule has 2 N–H and O–H groups in total. The van der Waals surface area contributed by atoms with E-state index in [9.17, 15) is 13.6 Å². The number of aliphatic hydroxyl groups excluding tert-OH is 1. The number of rotatable bonds is 6. The molecule has 0 heterocycles. The minimum atomic E-state index is -0.865. The van der Waals surface area contributed by atoms with E-state index in [-0.39, 0.29) is 24.3 Å². The smallest absolute Gasteiger partial charge is 0.258 e. The summed E-state index contributed by atoms with van der Waals surface area (Å²) < 4.78 is 30.8. The summed E-state index contributed by atoms with van der Waals surface area (Å²) in [4.78, 5) is 11.5. The standard InChI is InChI=1S/C13H17F2NO3/c1-8(2)11(6-17)16-13(18)7-19-12-4-3-9(14)5-10(12)15/h3-5,8,11,17H,6-7H2,1-2H3,(H,16,18)/t11-/m1/s1. The van der Waals surface area contributed by atoms with Gasteiger partial charge in [0.1, 0.15) is 5.82 Å². The van der Waals surface area contributed by atoms with Gasteiger partial charge in [0.25, 0.3) is 5.91 Å². The zero-order valence-corrected chi connectivity index (χ0v) is 10.8. The van der Waals surface area contributed by atoms with Gasteiger partial charge >= 0.3 is 0 Å². The van der Waals surface area contributed by atoms with Gasteiger partial charge in [0, 0.05) is 6.07 Å². The molecule has 0 saturated carbocycles. The molecular formula is C13H17F2NO3. The van der Waals surface area contributed by atoms with Gasteiger partial charge in [0.15, 0.2) is 18.2 Å². The van der Waals surface area contributed by atoms with Gasteiger partial charge in [-0.25, -0.2) is 8.78 Å². The minimum absolute atomic E-state index is 0.0662. The Bertz CT molecular complexity index is 438. The molecule has 4 nitrogen and oxygen atoms in total. The van der Waals surface area contributed by atoms with Crippen molar-refractivity contribution in [2.75, 3.05) is 13.2 Å². The highest BCUT2D eigenvalue weighted by Gasteiger charge is 2.15. The number of hydrogen-bond donors (Lipinski definition) is 2. The van der Waals surface area contributed by atoms with Crippen molar-refractivity contribution < 1.29 is 23.4 Å². The van der Waals surface area contributed by atoms with Gasteiger partial charge in [-0.05, 0) is 18.1 Å². The highest BCUT2D eigenvalue weighted by Crippen LogP contribution is 2.17. The number of hydrogen-bond acceptors (Lipinski definition) is 3. The Labute approximate surface area is 110 Å². The molecule has 1 aromatic rings. The average molecular weight is 273 g/mol. The summed E-state index contributed by atoms with van der Waals surface area (Å²) in [6.45, 7) is 3.11. The van der Waals surface area contributed by atoms with Crippen LogP contribution < -0.4 is 10.1 Å². The maximum atomic E-state index is 13.2. The Kier molecular flexibility index (Phi) is 5.69. The van der Waals surface area contributed by atoms with Crippen molar-refractivity contribution in [3.63, 3.8) is 0 Å². The maximum Gasteiger partial charge on any atom is 0.258 e. The number of halogens is 2. The van der Waals surface area contributed by atoms with Crippen LogP contribution in [0.4, 0.5) is 8.78 Å². The van der Waals surface area contributed by atoms with E-state index in [0.717, 1.165) is 12.1 Å². The molecular weight excluding hydrogens is 256 g/mol. The van der Waals surface area contributed by atoms with Gasteiger partial charge < -0.3 is 15.2 Å². The number of carbonyl (C=O) groups is 1. The zero-order valence-electron chi connectivity index (χ0n) is 10.8. The van der Waals surface area contributed by atoms with E-state index >= 15 is 0 Å². The molecule has 0 aliphatic rings. The van der Waals surface area contributed by atoms with Crippen molar-refractivity contribution in [3.05, 3.63) is 29.8 Å². The monoisotopic (exact) mass is 273 g/mol. The predicted molar refractivity (Wildman–Crippen MR) is 65.7 cm³/mol. The molecule has 0 radical (unpaired) electrons. The van der Waals surface area contributed by atoms with Gasteiger partial charge in [-0.15, -0.1) is 0 Å². The quantitative estimate of drug-likeness (QED) is 0.825. The zero-order chi connectivity index (χ0) is 14.4. The lowest BCUT2D eigenvalue weighted by molar-refractivity contribution is -0.124. The highest BCUT2D eigenvalue weighted by atomic mass is 19.1.